The van der Waals surface area contributed by atoms with Crippen molar-refractivity contribution in [3.8, 4) is 0 Å². The summed E-state index contributed by atoms with van der Waals surface area (Å²) < 4.78 is 0. The number of hydroxylamine groups is 4. The number of hydrogen-bond acceptors (Lipinski definition) is 13. The van der Waals surface area contributed by atoms with E-state index in [-0.39, 0.29) is 38.5 Å². The minimum atomic E-state index is -0.960. The number of imide groups is 2. The SMILES string of the molecule is CC.CC.CC.CC.CC.CC.CC.CC.CC.CC.CC.CC.CC.CC.CC.CC.CC.CC.CC.CC.CC.CC.CC.CC.CC1CCC1.CC1CCC1.CC1CCC1.CC1CCC1.CC1CCC1.CC1CCC1.CC1CCC1.CC1CCC1.CCCNCCN(C)CCN.O=C(CCC(=O)ON1C(=O)CCC1=O)CC(=O)CCC(=O)ON1C(=O)CCC1=O. The van der Waals surface area contributed by atoms with Gasteiger partial charge in [-0.15, -0.1) is 10.1 Å². The van der Waals surface area contributed by atoms with Gasteiger partial charge in [0, 0.05) is 64.7 Å². The van der Waals surface area contributed by atoms with Gasteiger partial charge in [0.2, 0.25) is 0 Å². The molecule has 0 spiro atoms. The van der Waals surface area contributed by atoms with E-state index < -0.39 is 66.4 Å². The molecule has 0 unspecified atom stereocenters. The molecular weight excluding hydrogens is 1590 g/mol. The molecule has 10 rings (SSSR count). The van der Waals surface area contributed by atoms with E-state index in [1.807, 2.05) is 332 Å². The zero-order valence-electron chi connectivity index (χ0n) is 101. The first kappa shape index (κ1) is 188. The lowest BCUT2D eigenvalue weighted by atomic mass is 9.88. The molecule has 0 atom stereocenters. The van der Waals surface area contributed by atoms with E-state index in [1.165, 1.54) is 161 Å². The molecule has 0 bridgehead atoms. The summed E-state index contributed by atoms with van der Waals surface area (Å²) in [6.07, 6.45) is 34.6. The van der Waals surface area contributed by atoms with Gasteiger partial charge in [0.15, 0.2) is 0 Å². The highest BCUT2D eigenvalue weighted by molar-refractivity contribution is 6.03. The van der Waals surface area contributed by atoms with Gasteiger partial charge in [0.25, 0.3) is 23.6 Å². The van der Waals surface area contributed by atoms with E-state index in [0.29, 0.717) is 10.1 Å². The molecule has 2 saturated heterocycles. The number of carbonyl (C=O) groups excluding carboxylic acids is 8. The fraction of sp³-hybridized carbons (Fsp3) is 0.929. The Labute approximate surface area is 816 Å². The number of ketones is 2. The lowest BCUT2D eigenvalue weighted by Gasteiger charge is -2.18. The first-order valence-electron chi connectivity index (χ1n) is 56.4. The van der Waals surface area contributed by atoms with Crippen molar-refractivity contribution in [3.63, 3.8) is 0 Å². The summed E-state index contributed by atoms with van der Waals surface area (Å²) in [4.78, 5) is 103. The molecule has 8 saturated carbocycles. The maximum atomic E-state index is 11.7. The normalized spacial score (nSPS) is 13.8. The van der Waals surface area contributed by atoms with Gasteiger partial charge in [-0.05, 0) is 67.4 Å². The van der Waals surface area contributed by atoms with Crippen LogP contribution in [0.3, 0.4) is 0 Å². The summed E-state index contributed by atoms with van der Waals surface area (Å²) in [5, 5.41) is 4.06. The monoisotopic (exact) mass is 1850 g/mol. The second-order valence-electron chi connectivity index (χ2n) is 25.5. The van der Waals surface area contributed by atoms with Crippen molar-refractivity contribution < 1.29 is 48.0 Å². The van der Waals surface area contributed by atoms with Gasteiger partial charge in [-0.2, -0.15) is 0 Å². The van der Waals surface area contributed by atoms with Crippen molar-refractivity contribution in [2.45, 2.75) is 613 Å². The topological polar surface area (TPSA) is 203 Å². The number of rotatable bonds is 17. The van der Waals surface area contributed by atoms with Crippen molar-refractivity contribution in [2.24, 2.45) is 53.1 Å². The van der Waals surface area contributed by atoms with Crippen LogP contribution in [-0.2, 0) is 48.0 Å². The highest BCUT2D eigenvalue weighted by atomic mass is 16.7. The lowest BCUT2D eigenvalue weighted by Crippen LogP contribution is -2.32. The molecule has 0 aromatic carbocycles. The van der Waals surface area contributed by atoms with Gasteiger partial charge in [-0.25, -0.2) is 9.59 Å². The quantitative estimate of drug-likeness (QED) is 0.0792. The van der Waals surface area contributed by atoms with Crippen LogP contribution in [0.4, 0.5) is 0 Å². The summed E-state index contributed by atoms with van der Waals surface area (Å²) in [6.45, 7) is 122. The van der Waals surface area contributed by atoms with E-state index in [9.17, 15) is 38.4 Å². The first-order chi connectivity index (χ1) is 62.1. The van der Waals surface area contributed by atoms with Gasteiger partial charge in [0.05, 0.1) is 19.3 Å². The van der Waals surface area contributed by atoms with Crippen molar-refractivity contribution >= 4 is 47.1 Å². The maximum Gasteiger partial charge on any atom is 0.333 e. The molecule has 15 heteroatoms. The predicted octanol–water partition coefficient (Wildman–Crippen LogP) is 38.2. The Hall–Kier alpha value is -3.56. The van der Waals surface area contributed by atoms with E-state index in [0.717, 1.165) is 80.1 Å². The highest BCUT2D eigenvalue weighted by Gasteiger charge is 2.34. The molecule has 0 radical (unpaired) electrons. The smallest absolute Gasteiger partial charge is 0.330 e. The third-order valence-electron chi connectivity index (χ3n) is 16.8. The number of nitrogens with zero attached hydrogens (tertiary/aromatic N) is 3. The zero-order valence-corrected chi connectivity index (χ0v) is 101. The molecule has 2 heterocycles. The van der Waals surface area contributed by atoms with Crippen LogP contribution in [0, 0.1) is 47.3 Å². The molecule has 8 aliphatic carbocycles. The molecule has 0 aromatic rings. The van der Waals surface area contributed by atoms with Crippen LogP contribution in [0.15, 0.2) is 0 Å². The Bertz CT molecular complexity index is 1480. The van der Waals surface area contributed by atoms with E-state index >= 15 is 0 Å². The van der Waals surface area contributed by atoms with Crippen LogP contribution in [0.25, 0.3) is 0 Å². The maximum absolute atomic E-state index is 11.7. The minimum Gasteiger partial charge on any atom is -0.330 e. The highest BCUT2D eigenvalue weighted by Crippen LogP contribution is 2.28. The molecule has 3 N–H and O–H groups in total. The zero-order chi connectivity index (χ0) is 108. The van der Waals surface area contributed by atoms with E-state index in [4.69, 9.17) is 5.73 Å². The third-order valence-corrected chi connectivity index (χ3v) is 16.8. The molecular formula is C113H263N5O10. The summed E-state index contributed by atoms with van der Waals surface area (Å²) in [5.74, 6) is 2.83. The van der Waals surface area contributed by atoms with Crippen LogP contribution in [-0.4, -0.2) is 102 Å². The average Bonchev–Trinajstić information content (AvgIpc) is 1.74. The Morgan fingerprint density at radius 3 is 0.547 bits per heavy atom. The van der Waals surface area contributed by atoms with Crippen molar-refractivity contribution in [2.75, 3.05) is 39.8 Å². The molecule has 2 aliphatic heterocycles. The summed E-state index contributed by atoms with van der Waals surface area (Å²) >= 11 is 0. The summed E-state index contributed by atoms with van der Waals surface area (Å²) in [7, 11) is 2.10. The second kappa shape index (κ2) is 203. The summed E-state index contributed by atoms with van der Waals surface area (Å²) in [5.41, 5.74) is 5.40. The Kier molecular flexibility index (Phi) is 298. The Morgan fingerprint density at radius 1 is 0.281 bits per heavy atom. The van der Waals surface area contributed by atoms with Crippen LogP contribution in [0.1, 0.15) is 613 Å². The molecule has 0 aromatic heterocycles. The number of Topliss-reactive ketones (excluding diaryl/α,β-unsaturated/α-hetero) is 2. The van der Waals surface area contributed by atoms with Gasteiger partial charge in [-0.3, -0.25) is 28.8 Å². The van der Waals surface area contributed by atoms with Crippen molar-refractivity contribution in [1.82, 2.24) is 20.3 Å². The van der Waals surface area contributed by atoms with Crippen LogP contribution in [0.2, 0.25) is 0 Å². The molecule has 800 valence electrons. The number of hydrogen-bond donors (Lipinski definition) is 2. The minimum absolute atomic E-state index is 0.0535. The molecule has 128 heavy (non-hydrogen) atoms. The van der Waals surface area contributed by atoms with E-state index in [2.05, 4.69) is 89.3 Å². The largest absolute Gasteiger partial charge is 0.333 e. The van der Waals surface area contributed by atoms with Gasteiger partial charge in [-0.1, -0.05) is 549 Å². The summed E-state index contributed by atoms with van der Waals surface area (Å²) in [6, 6.07) is 0. The first-order valence-corrected chi connectivity index (χ1v) is 56.4. The number of carbonyl (C=O) groups is 8. The van der Waals surface area contributed by atoms with Crippen molar-refractivity contribution in [1.29, 1.82) is 0 Å². The van der Waals surface area contributed by atoms with Gasteiger partial charge in [0.1, 0.15) is 11.6 Å². The third kappa shape index (κ3) is 175. The molecule has 4 amide bonds. The van der Waals surface area contributed by atoms with Gasteiger partial charge < -0.3 is 25.6 Å². The number of likely N-dealkylation sites (N-methyl/N-ethyl adjacent to an activating group) is 1. The fourth-order valence-corrected chi connectivity index (χ4v) is 8.29. The second-order valence-corrected chi connectivity index (χ2v) is 25.5. The predicted molar refractivity (Wildman–Crippen MR) is 594 cm³/mol. The van der Waals surface area contributed by atoms with Gasteiger partial charge >= 0.3 is 11.9 Å². The molecule has 10 fully saturated rings. The molecule has 10 aliphatic rings. The van der Waals surface area contributed by atoms with Crippen LogP contribution < -0.4 is 11.1 Å². The molecule has 15 nitrogen and oxygen atoms in total. The van der Waals surface area contributed by atoms with E-state index in [1.54, 1.807) is 0 Å². The number of nitrogens with two attached hydrogens (primary N) is 1. The number of nitrogens with one attached hydrogen (secondary N) is 1. The fourth-order valence-electron chi connectivity index (χ4n) is 8.29. The number of amides is 4. The van der Waals surface area contributed by atoms with Crippen LogP contribution in [0.5, 0.6) is 0 Å². The Balaban J connectivity index is -0.0000000427. The average molecular weight is 1850 g/mol. The lowest BCUT2D eigenvalue weighted by molar-refractivity contribution is -0.197. The standard InChI is InChI=1S/C17H18N2O10.C8H21N3.8C5H10.24C2H6/c20-10(1-7-16(26)28-18-12(22)3-4-13(18)23)9-11(21)2-8-17(27)29-19-14(24)5-6-15(19)25;1-3-5-10-6-8-11(2)7-4-9;8*1-5-3-2-4-5;24*1-2/h1-9H2;10H,3-9H2,1-2H3;8*5H,2-4H2,1H3;24*1-2H3. The Morgan fingerprint density at radius 2 is 0.430 bits per heavy atom. The van der Waals surface area contributed by atoms with Crippen molar-refractivity contribution in [3.05, 3.63) is 0 Å². The van der Waals surface area contributed by atoms with Crippen LogP contribution >= 0.6 is 0 Å².